The minimum Gasteiger partial charge on any atom is -0.492 e. The van der Waals surface area contributed by atoms with Crippen molar-refractivity contribution in [2.75, 3.05) is 32.8 Å². The maximum atomic E-state index is 11.0. The Bertz CT molecular complexity index is 701. The summed E-state index contributed by atoms with van der Waals surface area (Å²) in [5.74, 6) is -0.375. The van der Waals surface area contributed by atoms with Gasteiger partial charge in [-0.25, -0.2) is 4.79 Å². The van der Waals surface area contributed by atoms with Crippen molar-refractivity contribution in [2.45, 2.75) is 6.10 Å². The van der Waals surface area contributed by atoms with E-state index in [2.05, 4.69) is 10.00 Å². The van der Waals surface area contributed by atoms with Crippen LogP contribution in [0.15, 0.2) is 36.7 Å². The number of nitrogens with zero attached hydrogens (tertiary/aromatic N) is 3. The molecule has 1 aliphatic rings. The normalized spacial score (nSPS) is 18.5. The predicted molar refractivity (Wildman–Crippen MR) is 87.2 cm³/mol. The van der Waals surface area contributed by atoms with Crippen molar-refractivity contribution in [3.05, 3.63) is 47.8 Å². The number of benzene rings is 1. The molecule has 24 heavy (non-hydrogen) atoms. The lowest BCUT2D eigenvalue weighted by Crippen LogP contribution is -2.40. The second kappa shape index (κ2) is 7.46. The Hall–Kier alpha value is -2.38. The molecule has 2 aromatic rings. The van der Waals surface area contributed by atoms with E-state index in [0.29, 0.717) is 19.0 Å². The van der Waals surface area contributed by atoms with Crippen LogP contribution in [0.4, 0.5) is 0 Å². The van der Waals surface area contributed by atoms with Crippen LogP contribution in [0.1, 0.15) is 22.0 Å². The number of morpholine rings is 1. The summed E-state index contributed by atoms with van der Waals surface area (Å²) in [4.78, 5) is 13.2. The van der Waals surface area contributed by atoms with Crippen molar-refractivity contribution in [3.8, 4) is 5.75 Å². The Labute approximate surface area is 140 Å². The summed E-state index contributed by atoms with van der Waals surface area (Å²) in [6.07, 6.45) is 3.84. The lowest BCUT2D eigenvalue weighted by molar-refractivity contribution is -0.0329. The molecule has 0 aliphatic carbocycles. The molecule has 2 heterocycles. The molecular weight excluding hydrogens is 310 g/mol. The maximum Gasteiger partial charge on any atom is 0.335 e. The van der Waals surface area contributed by atoms with Crippen molar-refractivity contribution >= 4 is 5.97 Å². The molecule has 1 aromatic carbocycles. The number of rotatable bonds is 6. The van der Waals surface area contributed by atoms with Gasteiger partial charge in [0.05, 0.1) is 24.5 Å². The van der Waals surface area contributed by atoms with Gasteiger partial charge in [0.1, 0.15) is 12.4 Å². The van der Waals surface area contributed by atoms with Gasteiger partial charge in [-0.1, -0.05) is 6.07 Å². The van der Waals surface area contributed by atoms with Crippen LogP contribution >= 0.6 is 0 Å². The standard InChI is InChI=1S/C17H21N3O4/c1-19-11-14(10-18-19)16-12-20(6-8-24-16)5-7-23-15-4-2-3-13(9-15)17(21)22/h2-4,9-11,16H,5-8,12H2,1H3,(H,21,22). The summed E-state index contributed by atoms with van der Waals surface area (Å²) in [5, 5.41) is 13.2. The van der Waals surface area contributed by atoms with E-state index in [-0.39, 0.29) is 11.7 Å². The fraction of sp³-hybridized carbons (Fsp3) is 0.412. The van der Waals surface area contributed by atoms with E-state index >= 15 is 0 Å². The van der Waals surface area contributed by atoms with E-state index in [1.807, 2.05) is 19.4 Å². The zero-order valence-electron chi connectivity index (χ0n) is 13.6. The SMILES string of the molecule is Cn1cc(C2CN(CCOc3cccc(C(=O)O)c3)CCO2)cn1. The lowest BCUT2D eigenvalue weighted by Gasteiger charge is -2.32. The molecular formula is C17H21N3O4. The predicted octanol–water partition coefficient (Wildman–Crippen LogP) is 1.57. The third-order valence-electron chi connectivity index (χ3n) is 4.00. The van der Waals surface area contributed by atoms with Crippen LogP contribution < -0.4 is 4.74 Å². The maximum absolute atomic E-state index is 11.0. The second-order valence-corrected chi connectivity index (χ2v) is 5.79. The molecule has 0 amide bonds. The van der Waals surface area contributed by atoms with Crippen molar-refractivity contribution in [1.82, 2.24) is 14.7 Å². The van der Waals surface area contributed by atoms with Crippen LogP contribution in [0.5, 0.6) is 5.75 Å². The minimum atomic E-state index is -0.951. The van der Waals surface area contributed by atoms with Gasteiger partial charge in [0.2, 0.25) is 0 Å². The molecule has 1 N–H and O–H groups in total. The average Bonchev–Trinajstić information content (AvgIpc) is 3.02. The molecule has 1 aliphatic heterocycles. The largest absolute Gasteiger partial charge is 0.492 e. The number of carbonyl (C=O) groups is 1. The number of carboxylic acid groups (broad SMARTS) is 1. The summed E-state index contributed by atoms with van der Waals surface area (Å²) in [7, 11) is 1.89. The van der Waals surface area contributed by atoms with Gasteiger partial charge in [-0.3, -0.25) is 9.58 Å². The van der Waals surface area contributed by atoms with Crippen molar-refractivity contribution < 1.29 is 19.4 Å². The van der Waals surface area contributed by atoms with E-state index in [0.717, 1.165) is 25.2 Å². The molecule has 7 nitrogen and oxygen atoms in total. The molecule has 0 spiro atoms. The smallest absolute Gasteiger partial charge is 0.335 e. The number of aromatic carboxylic acids is 1. The van der Waals surface area contributed by atoms with Gasteiger partial charge < -0.3 is 14.6 Å². The van der Waals surface area contributed by atoms with E-state index in [1.54, 1.807) is 28.9 Å². The number of hydrogen-bond acceptors (Lipinski definition) is 5. The molecule has 1 aromatic heterocycles. The van der Waals surface area contributed by atoms with Gasteiger partial charge in [0.15, 0.2) is 0 Å². The Morgan fingerprint density at radius 2 is 2.38 bits per heavy atom. The summed E-state index contributed by atoms with van der Waals surface area (Å²) < 4.78 is 13.3. The van der Waals surface area contributed by atoms with E-state index in [1.165, 1.54) is 0 Å². The van der Waals surface area contributed by atoms with Crippen molar-refractivity contribution in [1.29, 1.82) is 0 Å². The number of hydrogen-bond donors (Lipinski definition) is 1. The summed E-state index contributed by atoms with van der Waals surface area (Å²) in [5.41, 5.74) is 1.31. The summed E-state index contributed by atoms with van der Waals surface area (Å²) >= 11 is 0. The van der Waals surface area contributed by atoms with E-state index in [9.17, 15) is 4.79 Å². The first-order valence-corrected chi connectivity index (χ1v) is 7.90. The van der Waals surface area contributed by atoms with Crippen molar-refractivity contribution in [3.63, 3.8) is 0 Å². The fourth-order valence-electron chi connectivity index (χ4n) is 2.73. The van der Waals surface area contributed by atoms with Crippen LogP contribution in [0.3, 0.4) is 0 Å². The minimum absolute atomic E-state index is 0.0304. The van der Waals surface area contributed by atoms with Gasteiger partial charge in [-0.15, -0.1) is 0 Å². The monoisotopic (exact) mass is 331 g/mol. The molecule has 128 valence electrons. The highest BCUT2D eigenvalue weighted by atomic mass is 16.5. The summed E-state index contributed by atoms with van der Waals surface area (Å²) in [6.45, 7) is 3.59. The molecule has 1 fully saturated rings. The second-order valence-electron chi connectivity index (χ2n) is 5.79. The zero-order valence-corrected chi connectivity index (χ0v) is 13.6. The molecule has 0 bridgehead atoms. The highest BCUT2D eigenvalue weighted by Gasteiger charge is 2.22. The highest BCUT2D eigenvalue weighted by Crippen LogP contribution is 2.21. The van der Waals surface area contributed by atoms with Crippen LogP contribution in [0.25, 0.3) is 0 Å². The van der Waals surface area contributed by atoms with Gasteiger partial charge >= 0.3 is 5.97 Å². The molecule has 7 heteroatoms. The highest BCUT2D eigenvalue weighted by molar-refractivity contribution is 5.87. The van der Waals surface area contributed by atoms with Crippen LogP contribution in [0.2, 0.25) is 0 Å². The Morgan fingerprint density at radius 3 is 3.12 bits per heavy atom. The number of carboxylic acids is 1. The number of ether oxygens (including phenoxy) is 2. The Balaban J connectivity index is 1.49. The molecule has 0 radical (unpaired) electrons. The average molecular weight is 331 g/mol. The first-order chi connectivity index (χ1) is 11.6. The number of aryl methyl sites for hydroxylation is 1. The van der Waals surface area contributed by atoms with Gasteiger partial charge in [0.25, 0.3) is 0 Å². The molecule has 1 atom stereocenters. The molecule has 1 unspecified atom stereocenters. The molecule has 1 saturated heterocycles. The van der Waals surface area contributed by atoms with Gasteiger partial charge in [0, 0.05) is 38.4 Å². The first-order valence-electron chi connectivity index (χ1n) is 7.90. The molecule has 0 saturated carbocycles. The fourth-order valence-corrected chi connectivity index (χ4v) is 2.73. The summed E-state index contributed by atoms with van der Waals surface area (Å²) in [6, 6.07) is 6.55. The third-order valence-corrected chi connectivity index (χ3v) is 4.00. The topological polar surface area (TPSA) is 76.8 Å². The first kappa shape index (κ1) is 16.5. The quantitative estimate of drug-likeness (QED) is 0.866. The Morgan fingerprint density at radius 1 is 1.50 bits per heavy atom. The molecule has 3 rings (SSSR count). The van der Waals surface area contributed by atoms with E-state index < -0.39 is 5.97 Å². The van der Waals surface area contributed by atoms with Gasteiger partial charge in [-0.05, 0) is 18.2 Å². The van der Waals surface area contributed by atoms with Gasteiger partial charge in [-0.2, -0.15) is 5.10 Å². The van der Waals surface area contributed by atoms with E-state index in [4.69, 9.17) is 14.6 Å². The lowest BCUT2D eigenvalue weighted by atomic mass is 10.1. The number of aromatic nitrogens is 2. The van der Waals surface area contributed by atoms with Crippen molar-refractivity contribution in [2.24, 2.45) is 7.05 Å². The van der Waals surface area contributed by atoms with Crippen LogP contribution in [0, 0.1) is 0 Å². The van der Waals surface area contributed by atoms with Crippen LogP contribution in [-0.4, -0.2) is 58.6 Å². The van der Waals surface area contributed by atoms with Crippen LogP contribution in [-0.2, 0) is 11.8 Å². The zero-order chi connectivity index (χ0) is 16.9. The Kier molecular flexibility index (Phi) is 5.12. The third kappa shape index (κ3) is 4.12.